The Balaban J connectivity index is 1.44. The molecule has 0 unspecified atom stereocenters. The van der Waals surface area contributed by atoms with Crippen molar-refractivity contribution in [1.29, 1.82) is 0 Å². The van der Waals surface area contributed by atoms with Gasteiger partial charge >= 0.3 is 0 Å². The summed E-state index contributed by atoms with van der Waals surface area (Å²) in [4.78, 5) is 12.5. The fourth-order valence-corrected chi connectivity index (χ4v) is 10.9. The number of nitrogens with one attached hydrogen (secondary N) is 1. The molecule has 1 amide bonds. The van der Waals surface area contributed by atoms with Crippen molar-refractivity contribution >= 4 is 16.0 Å². The highest BCUT2D eigenvalue weighted by atomic mass is 32.2. The molecule has 12 atom stereocenters. The molecule has 220 valence electrons. The van der Waals surface area contributed by atoms with Crippen molar-refractivity contribution in [2.45, 2.75) is 110 Å². The summed E-state index contributed by atoms with van der Waals surface area (Å²) >= 11 is 0. The zero-order chi connectivity index (χ0) is 28.0. The second kappa shape index (κ2) is 11.3. The van der Waals surface area contributed by atoms with Gasteiger partial charge in [-0.25, -0.2) is 8.42 Å². The van der Waals surface area contributed by atoms with Crippen molar-refractivity contribution in [3.8, 4) is 0 Å². The van der Waals surface area contributed by atoms with Gasteiger partial charge in [-0.3, -0.25) is 4.79 Å². The van der Waals surface area contributed by atoms with Crippen LogP contribution in [0, 0.1) is 52.3 Å². The smallest absolute Gasteiger partial charge is 0.220 e. The van der Waals surface area contributed by atoms with Gasteiger partial charge in [0.2, 0.25) is 5.91 Å². The monoisotopic (exact) mass is 556 g/mol. The molecular weight excluding hydrogens is 506 g/mol. The van der Waals surface area contributed by atoms with Gasteiger partial charge in [0, 0.05) is 6.42 Å². The Morgan fingerprint density at radius 1 is 1.05 bits per heavy atom. The number of carbonyl (C=O) groups excluding carboxylic acids is 1. The van der Waals surface area contributed by atoms with Crippen LogP contribution >= 0.6 is 0 Å². The molecule has 4 fully saturated rings. The van der Waals surface area contributed by atoms with E-state index in [4.69, 9.17) is 0 Å². The van der Waals surface area contributed by atoms with Crippen molar-refractivity contribution in [3.63, 3.8) is 0 Å². The summed E-state index contributed by atoms with van der Waals surface area (Å²) in [7, 11) is -4.54. The summed E-state index contributed by atoms with van der Waals surface area (Å²) in [5.41, 5.74) is 0.283. The summed E-state index contributed by atoms with van der Waals surface area (Å²) in [6.07, 6.45) is 8.41. The van der Waals surface area contributed by atoms with Crippen molar-refractivity contribution < 1.29 is 33.1 Å². The standard InChI is InChI=1S/C29H51NO7S/c1-5-20-24-14-19(32)10-12-29(24,4)23-11-13-28(3)21(7-8-22(28)26(23)27(20)34)17(2)6-9-25(33)30-18(15-31)16-38(35,36)37/h17-24,26-27,31-32,34H,5-16H2,1-4H3,(H,30,33)(H,35,36,37)/p-1/t17-,18+,19-,20-,21-,22+,23+,24+,26+,27-,28-,29-/m1/s1. The third-order valence-electron chi connectivity index (χ3n) is 12.0. The summed E-state index contributed by atoms with van der Waals surface area (Å²) in [6.45, 7) is 8.67. The molecule has 0 aliphatic heterocycles. The molecule has 0 saturated heterocycles. The van der Waals surface area contributed by atoms with Crippen LogP contribution in [-0.2, 0) is 14.9 Å². The average Bonchev–Trinajstić information content (AvgIpc) is 3.19. The second-order valence-corrected chi connectivity index (χ2v) is 15.3. The minimum absolute atomic E-state index is 0.109. The highest BCUT2D eigenvalue weighted by Gasteiger charge is 2.64. The fraction of sp³-hybridized carbons (Fsp3) is 0.966. The molecule has 0 heterocycles. The van der Waals surface area contributed by atoms with Crippen LogP contribution in [0.3, 0.4) is 0 Å². The van der Waals surface area contributed by atoms with E-state index in [9.17, 15) is 33.1 Å². The minimum atomic E-state index is -4.54. The van der Waals surface area contributed by atoms with Crippen LogP contribution in [-0.4, -0.2) is 64.8 Å². The van der Waals surface area contributed by atoms with Crippen molar-refractivity contribution in [2.24, 2.45) is 52.3 Å². The van der Waals surface area contributed by atoms with Gasteiger partial charge in [0.25, 0.3) is 0 Å². The van der Waals surface area contributed by atoms with Crippen LogP contribution in [0.1, 0.15) is 91.9 Å². The number of rotatable bonds is 9. The molecule has 0 aromatic heterocycles. The lowest BCUT2D eigenvalue weighted by atomic mass is 9.41. The molecule has 38 heavy (non-hydrogen) atoms. The third-order valence-corrected chi connectivity index (χ3v) is 12.8. The molecule has 0 aromatic carbocycles. The van der Waals surface area contributed by atoms with Crippen molar-refractivity contribution in [1.82, 2.24) is 5.32 Å². The largest absolute Gasteiger partial charge is 0.748 e. The molecule has 4 aliphatic carbocycles. The first kappa shape index (κ1) is 30.2. The topological polar surface area (TPSA) is 147 Å². The SMILES string of the molecule is CC[C@H]1[C@@H](O)[C@@H]2[C@H](CC[C@]3(C)[C@@H]([C@H](C)CCC(=O)N[C@@H](CO)CS(=O)(=O)[O-])CC[C@@H]23)[C@@]2(C)CC[C@@H](O)C[C@@H]12. The molecule has 9 heteroatoms. The van der Waals surface area contributed by atoms with E-state index in [1.54, 1.807) is 0 Å². The van der Waals surface area contributed by atoms with E-state index >= 15 is 0 Å². The Kier molecular flexibility index (Phi) is 8.96. The van der Waals surface area contributed by atoms with Gasteiger partial charge in [0.05, 0.1) is 40.7 Å². The normalized spacial score (nSPS) is 44.4. The van der Waals surface area contributed by atoms with Gasteiger partial charge in [0.15, 0.2) is 0 Å². The number of aliphatic hydroxyl groups is 3. The maximum atomic E-state index is 12.5. The number of hydrogen-bond acceptors (Lipinski definition) is 7. The van der Waals surface area contributed by atoms with Crippen LogP contribution in [0.25, 0.3) is 0 Å². The third kappa shape index (κ3) is 5.56. The zero-order valence-corrected chi connectivity index (χ0v) is 24.5. The van der Waals surface area contributed by atoms with Crippen LogP contribution in [0.4, 0.5) is 0 Å². The van der Waals surface area contributed by atoms with Crippen molar-refractivity contribution in [2.75, 3.05) is 12.4 Å². The Hall–Kier alpha value is -0.740. The lowest BCUT2D eigenvalue weighted by Gasteiger charge is -2.64. The van der Waals surface area contributed by atoms with Gasteiger partial charge in [-0.1, -0.05) is 34.1 Å². The summed E-state index contributed by atoms with van der Waals surface area (Å²) in [5, 5.41) is 34.2. The van der Waals surface area contributed by atoms with Gasteiger partial charge in [0.1, 0.15) is 0 Å². The first-order valence-electron chi connectivity index (χ1n) is 14.9. The van der Waals surface area contributed by atoms with Gasteiger partial charge in [-0.05, 0) is 104 Å². The van der Waals surface area contributed by atoms with Crippen molar-refractivity contribution in [3.05, 3.63) is 0 Å². The average molecular weight is 557 g/mol. The van der Waals surface area contributed by atoms with Crippen LogP contribution in [0.2, 0.25) is 0 Å². The van der Waals surface area contributed by atoms with Gasteiger partial charge in [-0.2, -0.15) is 0 Å². The number of aliphatic hydroxyl groups excluding tert-OH is 3. The Morgan fingerprint density at radius 2 is 1.71 bits per heavy atom. The highest BCUT2D eigenvalue weighted by molar-refractivity contribution is 7.85. The number of carbonyl (C=O) groups is 1. The van der Waals surface area contributed by atoms with E-state index in [1.807, 2.05) is 0 Å². The number of fused-ring (bicyclic) bond motifs is 5. The molecule has 0 spiro atoms. The summed E-state index contributed by atoms with van der Waals surface area (Å²) in [6, 6.07) is -1.07. The highest BCUT2D eigenvalue weighted by Crippen LogP contribution is 2.69. The summed E-state index contributed by atoms with van der Waals surface area (Å²) in [5.74, 6) is 1.43. The number of amides is 1. The van der Waals surface area contributed by atoms with Crippen LogP contribution in [0.5, 0.6) is 0 Å². The fourth-order valence-electron chi connectivity index (χ4n) is 10.2. The number of hydrogen-bond donors (Lipinski definition) is 4. The van der Waals surface area contributed by atoms with Crippen LogP contribution in [0.15, 0.2) is 0 Å². The zero-order valence-electron chi connectivity index (χ0n) is 23.6. The van der Waals surface area contributed by atoms with E-state index in [2.05, 4.69) is 33.0 Å². The van der Waals surface area contributed by atoms with Crippen LogP contribution < -0.4 is 5.32 Å². The predicted octanol–water partition coefficient (Wildman–Crippen LogP) is 3.05. The molecular formula is C29H50NO7S-. The molecule has 8 nitrogen and oxygen atoms in total. The molecule has 4 aliphatic rings. The lowest BCUT2D eigenvalue weighted by molar-refractivity contribution is -0.203. The molecule has 4 saturated carbocycles. The molecule has 0 aromatic rings. The van der Waals surface area contributed by atoms with E-state index < -0.39 is 28.5 Å². The molecule has 0 bridgehead atoms. The van der Waals surface area contributed by atoms with Gasteiger partial charge in [-0.15, -0.1) is 0 Å². The van der Waals surface area contributed by atoms with E-state index in [0.717, 1.165) is 51.4 Å². The maximum absolute atomic E-state index is 12.5. The Morgan fingerprint density at radius 3 is 2.34 bits per heavy atom. The van der Waals surface area contributed by atoms with Gasteiger partial charge < -0.3 is 25.2 Å². The lowest BCUT2D eigenvalue weighted by Crippen LogP contribution is -2.62. The quantitative estimate of drug-likeness (QED) is 0.319. The van der Waals surface area contributed by atoms with E-state index in [1.165, 1.54) is 0 Å². The first-order valence-corrected chi connectivity index (χ1v) is 16.5. The molecule has 4 N–H and O–H groups in total. The Labute approximate surface area is 229 Å². The maximum Gasteiger partial charge on any atom is 0.220 e. The Bertz CT molecular complexity index is 959. The molecule has 0 radical (unpaired) electrons. The minimum Gasteiger partial charge on any atom is -0.748 e. The van der Waals surface area contributed by atoms with E-state index in [0.29, 0.717) is 36.0 Å². The summed E-state index contributed by atoms with van der Waals surface area (Å²) < 4.78 is 33.1. The predicted molar refractivity (Wildman–Crippen MR) is 144 cm³/mol. The molecule has 4 rings (SSSR count). The second-order valence-electron chi connectivity index (χ2n) is 13.8. The first-order chi connectivity index (χ1) is 17.7. The van der Waals surface area contributed by atoms with E-state index in [-0.39, 0.29) is 47.2 Å².